The van der Waals surface area contributed by atoms with Crippen LogP contribution in [0.25, 0.3) is 0 Å². The number of nitrogen functional groups attached to an aromatic ring is 1. The van der Waals surface area contributed by atoms with Gasteiger partial charge in [0.1, 0.15) is 0 Å². The summed E-state index contributed by atoms with van der Waals surface area (Å²) < 4.78 is 0. The van der Waals surface area contributed by atoms with Gasteiger partial charge in [-0.05, 0) is 43.2 Å². The third kappa shape index (κ3) is 2.16. The summed E-state index contributed by atoms with van der Waals surface area (Å²) in [6.07, 6.45) is 0. The third-order valence-electron chi connectivity index (χ3n) is 2.62. The van der Waals surface area contributed by atoms with Crippen LogP contribution in [0.4, 0.5) is 17.1 Å². The SMILES string of the molecule is Cc1ccc(C)c(Nc2ccccc2N)c1. The Morgan fingerprint density at radius 3 is 2.44 bits per heavy atom. The Hall–Kier alpha value is -1.96. The van der Waals surface area contributed by atoms with E-state index in [1.807, 2.05) is 24.3 Å². The Balaban J connectivity index is 2.34. The molecule has 0 unspecified atom stereocenters. The zero-order chi connectivity index (χ0) is 11.5. The monoisotopic (exact) mass is 212 g/mol. The number of aryl methyl sites for hydroxylation is 2. The molecule has 82 valence electrons. The standard InChI is InChI=1S/C14H16N2/c1-10-7-8-11(2)14(9-10)16-13-6-4-3-5-12(13)15/h3-9,16H,15H2,1-2H3. The molecule has 2 aromatic carbocycles. The first-order chi connectivity index (χ1) is 7.66. The van der Waals surface area contributed by atoms with E-state index in [0.29, 0.717) is 0 Å². The van der Waals surface area contributed by atoms with Crippen LogP contribution in [0.1, 0.15) is 11.1 Å². The van der Waals surface area contributed by atoms with E-state index in [0.717, 1.165) is 17.1 Å². The largest absolute Gasteiger partial charge is 0.397 e. The van der Waals surface area contributed by atoms with Crippen LogP contribution in [0.5, 0.6) is 0 Å². The Labute approximate surface area is 96.1 Å². The highest BCUT2D eigenvalue weighted by molar-refractivity contribution is 5.73. The van der Waals surface area contributed by atoms with E-state index in [1.54, 1.807) is 0 Å². The van der Waals surface area contributed by atoms with Crippen molar-refractivity contribution in [3.63, 3.8) is 0 Å². The van der Waals surface area contributed by atoms with Crippen molar-refractivity contribution < 1.29 is 0 Å². The Bertz CT molecular complexity index is 504. The molecule has 0 radical (unpaired) electrons. The molecule has 0 aliphatic heterocycles. The van der Waals surface area contributed by atoms with E-state index in [4.69, 9.17) is 5.73 Å². The van der Waals surface area contributed by atoms with Gasteiger partial charge < -0.3 is 11.1 Å². The van der Waals surface area contributed by atoms with Crippen LogP contribution >= 0.6 is 0 Å². The lowest BCUT2D eigenvalue weighted by Gasteiger charge is -2.12. The zero-order valence-electron chi connectivity index (χ0n) is 9.62. The van der Waals surface area contributed by atoms with Crippen molar-refractivity contribution in [2.24, 2.45) is 0 Å². The first kappa shape index (κ1) is 10.6. The number of hydrogen-bond donors (Lipinski definition) is 2. The molecule has 3 N–H and O–H groups in total. The lowest BCUT2D eigenvalue weighted by atomic mass is 10.1. The van der Waals surface area contributed by atoms with Crippen molar-refractivity contribution in [3.05, 3.63) is 53.6 Å². The Kier molecular flexibility index (Phi) is 2.82. The Morgan fingerprint density at radius 1 is 0.938 bits per heavy atom. The molecule has 0 aromatic heterocycles. The van der Waals surface area contributed by atoms with Gasteiger partial charge in [-0.25, -0.2) is 0 Å². The molecule has 0 aliphatic carbocycles. The molecule has 0 atom stereocenters. The van der Waals surface area contributed by atoms with E-state index in [2.05, 4.69) is 37.4 Å². The minimum absolute atomic E-state index is 0.767. The van der Waals surface area contributed by atoms with Crippen molar-refractivity contribution in [1.82, 2.24) is 0 Å². The molecule has 0 saturated heterocycles. The molecule has 0 bridgehead atoms. The van der Waals surface area contributed by atoms with E-state index in [9.17, 15) is 0 Å². The fourth-order valence-electron chi connectivity index (χ4n) is 1.63. The van der Waals surface area contributed by atoms with Gasteiger partial charge in [0.15, 0.2) is 0 Å². The number of benzene rings is 2. The van der Waals surface area contributed by atoms with Crippen LogP contribution in [0, 0.1) is 13.8 Å². The number of nitrogens with two attached hydrogens (primary N) is 1. The second kappa shape index (κ2) is 4.27. The van der Waals surface area contributed by atoms with Gasteiger partial charge in [0.05, 0.1) is 11.4 Å². The smallest absolute Gasteiger partial charge is 0.0617 e. The zero-order valence-corrected chi connectivity index (χ0v) is 9.62. The van der Waals surface area contributed by atoms with Crippen LogP contribution < -0.4 is 11.1 Å². The van der Waals surface area contributed by atoms with Crippen molar-refractivity contribution in [3.8, 4) is 0 Å². The second-order valence-corrected chi connectivity index (χ2v) is 4.03. The number of nitrogens with one attached hydrogen (secondary N) is 1. The number of hydrogen-bond acceptors (Lipinski definition) is 2. The first-order valence-electron chi connectivity index (χ1n) is 5.35. The molecule has 2 aromatic rings. The highest BCUT2D eigenvalue weighted by atomic mass is 14.9. The van der Waals surface area contributed by atoms with Crippen molar-refractivity contribution in [2.45, 2.75) is 13.8 Å². The fourth-order valence-corrected chi connectivity index (χ4v) is 1.63. The van der Waals surface area contributed by atoms with E-state index in [1.165, 1.54) is 11.1 Å². The fraction of sp³-hybridized carbons (Fsp3) is 0.143. The summed E-state index contributed by atoms with van der Waals surface area (Å²) in [5, 5.41) is 3.36. The minimum Gasteiger partial charge on any atom is -0.397 e. The predicted octanol–water partition coefficient (Wildman–Crippen LogP) is 3.63. The van der Waals surface area contributed by atoms with E-state index >= 15 is 0 Å². The number of anilines is 3. The molecule has 16 heavy (non-hydrogen) atoms. The minimum atomic E-state index is 0.767. The van der Waals surface area contributed by atoms with Gasteiger partial charge in [-0.15, -0.1) is 0 Å². The van der Waals surface area contributed by atoms with Crippen LogP contribution in [-0.2, 0) is 0 Å². The van der Waals surface area contributed by atoms with Crippen molar-refractivity contribution in [1.29, 1.82) is 0 Å². The molecular weight excluding hydrogens is 196 g/mol. The number of rotatable bonds is 2. The maximum atomic E-state index is 5.89. The maximum Gasteiger partial charge on any atom is 0.0617 e. The molecule has 0 spiro atoms. The van der Waals surface area contributed by atoms with Crippen molar-refractivity contribution >= 4 is 17.1 Å². The lowest BCUT2D eigenvalue weighted by Crippen LogP contribution is -1.97. The first-order valence-corrected chi connectivity index (χ1v) is 5.35. The van der Waals surface area contributed by atoms with Gasteiger partial charge >= 0.3 is 0 Å². The molecule has 2 nitrogen and oxygen atoms in total. The summed E-state index contributed by atoms with van der Waals surface area (Å²) in [6.45, 7) is 4.17. The van der Waals surface area contributed by atoms with Crippen LogP contribution in [0.3, 0.4) is 0 Å². The third-order valence-corrected chi connectivity index (χ3v) is 2.62. The van der Waals surface area contributed by atoms with Gasteiger partial charge in [0, 0.05) is 5.69 Å². The Morgan fingerprint density at radius 2 is 1.69 bits per heavy atom. The molecule has 0 saturated carbocycles. The van der Waals surface area contributed by atoms with E-state index < -0.39 is 0 Å². The highest BCUT2D eigenvalue weighted by Crippen LogP contribution is 2.25. The molecule has 0 aliphatic rings. The van der Waals surface area contributed by atoms with Crippen LogP contribution in [0.2, 0.25) is 0 Å². The summed E-state index contributed by atoms with van der Waals surface area (Å²) in [5.41, 5.74) is 11.2. The second-order valence-electron chi connectivity index (χ2n) is 4.03. The normalized spacial score (nSPS) is 10.1. The topological polar surface area (TPSA) is 38.0 Å². The average Bonchev–Trinajstić information content (AvgIpc) is 2.27. The molecule has 2 rings (SSSR count). The predicted molar refractivity (Wildman–Crippen MR) is 70.1 cm³/mol. The van der Waals surface area contributed by atoms with Gasteiger partial charge in [-0.1, -0.05) is 24.3 Å². The molecule has 0 amide bonds. The van der Waals surface area contributed by atoms with Gasteiger partial charge in [-0.3, -0.25) is 0 Å². The molecule has 0 fully saturated rings. The van der Waals surface area contributed by atoms with Gasteiger partial charge in [0.2, 0.25) is 0 Å². The van der Waals surface area contributed by atoms with Crippen molar-refractivity contribution in [2.75, 3.05) is 11.1 Å². The summed E-state index contributed by atoms with van der Waals surface area (Å²) >= 11 is 0. The van der Waals surface area contributed by atoms with Gasteiger partial charge in [0.25, 0.3) is 0 Å². The van der Waals surface area contributed by atoms with Gasteiger partial charge in [-0.2, -0.15) is 0 Å². The summed E-state index contributed by atoms with van der Waals surface area (Å²) in [6, 6.07) is 14.1. The van der Waals surface area contributed by atoms with E-state index in [-0.39, 0.29) is 0 Å². The number of para-hydroxylation sites is 2. The highest BCUT2D eigenvalue weighted by Gasteiger charge is 2.01. The molecular formula is C14H16N2. The molecule has 0 heterocycles. The lowest BCUT2D eigenvalue weighted by molar-refractivity contribution is 1.38. The average molecular weight is 212 g/mol. The summed E-state index contributed by atoms with van der Waals surface area (Å²) in [4.78, 5) is 0. The molecule has 2 heteroatoms. The van der Waals surface area contributed by atoms with Crippen LogP contribution in [0.15, 0.2) is 42.5 Å². The summed E-state index contributed by atoms with van der Waals surface area (Å²) in [5.74, 6) is 0. The quantitative estimate of drug-likeness (QED) is 0.746. The summed E-state index contributed by atoms with van der Waals surface area (Å²) in [7, 11) is 0. The maximum absolute atomic E-state index is 5.89. The van der Waals surface area contributed by atoms with Crippen LogP contribution in [-0.4, -0.2) is 0 Å².